The highest BCUT2D eigenvalue weighted by Crippen LogP contribution is 2.41. The van der Waals surface area contributed by atoms with E-state index in [1.54, 1.807) is 16.9 Å². The quantitative estimate of drug-likeness (QED) is 0.721. The van der Waals surface area contributed by atoms with E-state index in [9.17, 15) is 14.4 Å². The zero-order chi connectivity index (χ0) is 20.1. The number of nitriles is 1. The molecule has 3 aromatic rings. The number of halogens is 1. The van der Waals surface area contributed by atoms with Crippen LogP contribution in [0.4, 0.5) is 14.9 Å². The summed E-state index contributed by atoms with van der Waals surface area (Å²) in [6, 6.07) is 8.39. The Kier molecular flexibility index (Phi) is 3.98. The van der Waals surface area contributed by atoms with E-state index in [0.29, 0.717) is 11.5 Å². The molecule has 2 atom stereocenters. The van der Waals surface area contributed by atoms with E-state index in [2.05, 4.69) is 22.3 Å². The molecule has 2 aromatic heterocycles. The third-order valence-electron chi connectivity index (χ3n) is 5.90. The van der Waals surface area contributed by atoms with E-state index in [-0.39, 0.29) is 35.2 Å². The molecule has 3 aliphatic rings. The monoisotopic (exact) mass is 390 g/mol. The van der Waals surface area contributed by atoms with Crippen molar-refractivity contribution in [1.82, 2.24) is 19.5 Å². The van der Waals surface area contributed by atoms with Crippen LogP contribution in [0.5, 0.6) is 0 Å². The number of benzene rings is 1. The number of hydrogen-bond donors (Lipinski definition) is 1. The standard InChI is InChI=1S/C21H19FN6O/c1-12-5-15-8-16(6-12)28(15)21(29)25-19-9-17(13(10-23)7-18(19)22)20-24-11-14-3-2-4-27(14)26-20/h2-4,7,9,11-12,15-16H,5-6,8H2,1H3,(H,25,29). The molecule has 1 aliphatic carbocycles. The maximum atomic E-state index is 14.6. The molecule has 2 unspecified atom stereocenters. The van der Waals surface area contributed by atoms with Crippen LogP contribution in [0.15, 0.2) is 36.7 Å². The van der Waals surface area contributed by atoms with Crippen molar-refractivity contribution in [1.29, 1.82) is 5.26 Å². The number of nitrogens with zero attached hydrogens (tertiary/aromatic N) is 5. The highest BCUT2D eigenvalue weighted by Gasteiger charge is 2.46. The van der Waals surface area contributed by atoms with Crippen molar-refractivity contribution in [3.05, 3.63) is 48.0 Å². The molecular formula is C21H19FN6O. The average Bonchev–Trinajstić information content (AvgIpc) is 3.16. The molecule has 3 fully saturated rings. The second kappa shape index (κ2) is 6.55. The van der Waals surface area contributed by atoms with Gasteiger partial charge in [-0.2, -0.15) is 5.26 Å². The lowest BCUT2D eigenvalue weighted by atomic mass is 9.74. The second-order valence-electron chi connectivity index (χ2n) is 7.91. The zero-order valence-electron chi connectivity index (χ0n) is 15.8. The van der Waals surface area contributed by atoms with Gasteiger partial charge in [0.05, 0.1) is 23.0 Å². The zero-order valence-corrected chi connectivity index (χ0v) is 15.8. The van der Waals surface area contributed by atoms with Crippen LogP contribution in [0.25, 0.3) is 16.9 Å². The van der Waals surface area contributed by atoms with Gasteiger partial charge in [0.25, 0.3) is 0 Å². The lowest BCUT2D eigenvalue weighted by Crippen LogP contribution is -2.63. The summed E-state index contributed by atoms with van der Waals surface area (Å²) in [5, 5.41) is 16.5. The fourth-order valence-electron chi connectivity index (χ4n) is 4.56. The van der Waals surface area contributed by atoms with Gasteiger partial charge in [0.15, 0.2) is 5.82 Å². The maximum Gasteiger partial charge on any atom is 0.322 e. The molecule has 2 saturated heterocycles. The van der Waals surface area contributed by atoms with Gasteiger partial charge >= 0.3 is 6.03 Å². The van der Waals surface area contributed by atoms with Crippen molar-refractivity contribution in [2.45, 2.75) is 38.3 Å². The lowest BCUT2D eigenvalue weighted by Gasteiger charge is -2.54. The Bertz CT molecular complexity index is 1150. The van der Waals surface area contributed by atoms with Crippen LogP contribution in [0.1, 0.15) is 31.7 Å². The summed E-state index contributed by atoms with van der Waals surface area (Å²) >= 11 is 0. The molecule has 0 radical (unpaired) electrons. The van der Waals surface area contributed by atoms with Crippen molar-refractivity contribution >= 4 is 17.2 Å². The summed E-state index contributed by atoms with van der Waals surface area (Å²) in [5.41, 5.74) is 1.32. The minimum atomic E-state index is -0.653. The fraction of sp³-hybridized carbons (Fsp3) is 0.333. The largest absolute Gasteiger partial charge is 0.322 e. The predicted molar refractivity (Wildman–Crippen MR) is 105 cm³/mol. The second-order valence-corrected chi connectivity index (χ2v) is 7.91. The summed E-state index contributed by atoms with van der Waals surface area (Å²) < 4.78 is 16.2. The molecule has 2 bridgehead atoms. The Morgan fingerprint density at radius 2 is 2.10 bits per heavy atom. The lowest BCUT2D eigenvalue weighted by molar-refractivity contribution is -0.00603. The molecule has 146 valence electrons. The Labute approximate surface area is 166 Å². The number of carbonyl (C=O) groups is 1. The summed E-state index contributed by atoms with van der Waals surface area (Å²) in [5.74, 6) is 0.247. The summed E-state index contributed by atoms with van der Waals surface area (Å²) in [4.78, 5) is 18.9. The fourth-order valence-corrected chi connectivity index (χ4v) is 4.56. The molecule has 2 amide bonds. The number of fused-ring (bicyclic) bond motifs is 3. The molecule has 4 heterocycles. The van der Waals surface area contributed by atoms with Gasteiger partial charge in [0.2, 0.25) is 0 Å². The Hall–Kier alpha value is -3.47. The first-order valence-electron chi connectivity index (χ1n) is 9.67. The van der Waals surface area contributed by atoms with Crippen LogP contribution in [0.3, 0.4) is 0 Å². The topological polar surface area (TPSA) is 86.3 Å². The molecule has 0 spiro atoms. The Morgan fingerprint density at radius 1 is 1.31 bits per heavy atom. The van der Waals surface area contributed by atoms with E-state index >= 15 is 0 Å². The highest BCUT2D eigenvalue weighted by atomic mass is 19.1. The Balaban J connectivity index is 1.47. The van der Waals surface area contributed by atoms with Crippen molar-refractivity contribution in [2.75, 3.05) is 5.32 Å². The van der Waals surface area contributed by atoms with E-state index in [4.69, 9.17) is 0 Å². The normalized spacial score (nSPS) is 22.8. The average molecular weight is 390 g/mol. The molecule has 7 nitrogen and oxygen atoms in total. The van der Waals surface area contributed by atoms with Crippen LogP contribution in [0, 0.1) is 23.1 Å². The number of nitrogens with one attached hydrogen (secondary N) is 1. The van der Waals surface area contributed by atoms with Gasteiger partial charge in [-0.1, -0.05) is 6.92 Å². The molecule has 8 heteroatoms. The van der Waals surface area contributed by atoms with Gasteiger partial charge in [-0.15, -0.1) is 5.10 Å². The number of amides is 2. The maximum absolute atomic E-state index is 14.6. The molecule has 1 saturated carbocycles. The molecule has 29 heavy (non-hydrogen) atoms. The van der Waals surface area contributed by atoms with Crippen LogP contribution in [-0.2, 0) is 0 Å². The van der Waals surface area contributed by atoms with E-state index in [1.165, 1.54) is 6.07 Å². The molecule has 1 aromatic carbocycles. The van der Waals surface area contributed by atoms with Crippen molar-refractivity contribution in [3.8, 4) is 17.5 Å². The van der Waals surface area contributed by atoms with Gasteiger partial charge < -0.3 is 10.2 Å². The van der Waals surface area contributed by atoms with Gasteiger partial charge in [-0.3, -0.25) is 0 Å². The predicted octanol–water partition coefficient (Wildman–Crippen LogP) is 3.81. The number of carbonyl (C=O) groups excluding carboxylic acids is 1. The summed E-state index contributed by atoms with van der Waals surface area (Å²) in [6.07, 6.45) is 6.38. The van der Waals surface area contributed by atoms with E-state index in [0.717, 1.165) is 30.8 Å². The number of urea groups is 1. The highest BCUT2D eigenvalue weighted by molar-refractivity contribution is 5.91. The number of aromatic nitrogens is 3. The third-order valence-corrected chi connectivity index (χ3v) is 5.90. The summed E-state index contributed by atoms with van der Waals surface area (Å²) in [6.45, 7) is 2.20. The molecule has 6 rings (SSSR count). The van der Waals surface area contributed by atoms with Gasteiger partial charge in [0, 0.05) is 23.8 Å². The van der Waals surface area contributed by atoms with Crippen LogP contribution >= 0.6 is 0 Å². The molecule has 2 aliphatic heterocycles. The molecular weight excluding hydrogens is 371 g/mol. The van der Waals surface area contributed by atoms with Gasteiger partial charge in [0.1, 0.15) is 11.9 Å². The first kappa shape index (κ1) is 17.6. The van der Waals surface area contributed by atoms with Crippen molar-refractivity contribution in [2.24, 2.45) is 5.92 Å². The number of rotatable bonds is 2. The van der Waals surface area contributed by atoms with Crippen LogP contribution < -0.4 is 5.32 Å². The third kappa shape index (κ3) is 2.90. The number of piperidine rings is 1. The summed E-state index contributed by atoms with van der Waals surface area (Å²) in [7, 11) is 0. The SMILES string of the molecule is CC1CC2CC(C1)N2C(=O)Nc1cc(-c2ncc3cccn3n2)c(C#N)cc1F. The van der Waals surface area contributed by atoms with Crippen molar-refractivity contribution < 1.29 is 9.18 Å². The Morgan fingerprint density at radius 3 is 2.86 bits per heavy atom. The number of anilines is 1. The van der Waals surface area contributed by atoms with Crippen LogP contribution in [0.2, 0.25) is 0 Å². The van der Waals surface area contributed by atoms with Gasteiger partial charge in [-0.05, 0) is 49.4 Å². The van der Waals surface area contributed by atoms with Crippen LogP contribution in [-0.4, -0.2) is 37.6 Å². The van der Waals surface area contributed by atoms with E-state index in [1.807, 2.05) is 23.1 Å². The van der Waals surface area contributed by atoms with E-state index < -0.39 is 5.82 Å². The van der Waals surface area contributed by atoms with Gasteiger partial charge in [-0.25, -0.2) is 18.7 Å². The first-order chi connectivity index (χ1) is 14.0. The minimum absolute atomic E-state index is 0.0261. The smallest absolute Gasteiger partial charge is 0.318 e. The minimum Gasteiger partial charge on any atom is -0.318 e. The molecule has 1 N–H and O–H groups in total. The first-order valence-corrected chi connectivity index (χ1v) is 9.67. The van der Waals surface area contributed by atoms with Crippen molar-refractivity contribution in [3.63, 3.8) is 0 Å². The number of hydrogen-bond acceptors (Lipinski definition) is 4.